The van der Waals surface area contributed by atoms with Gasteiger partial charge in [0.2, 0.25) is 0 Å². The fourth-order valence-corrected chi connectivity index (χ4v) is 3.97. The number of ether oxygens (including phenoxy) is 1. The van der Waals surface area contributed by atoms with Crippen LogP contribution in [0.3, 0.4) is 0 Å². The van der Waals surface area contributed by atoms with Crippen molar-refractivity contribution in [2.75, 3.05) is 6.61 Å². The van der Waals surface area contributed by atoms with Crippen molar-refractivity contribution < 1.29 is 4.74 Å². The lowest BCUT2D eigenvalue weighted by Crippen LogP contribution is -2.19. The van der Waals surface area contributed by atoms with Crippen molar-refractivity contribution in [3.05, 3.63) is 20.3 Å². The first-order valence-electron chi connectivity index (χ1n) is 4.80. The van der Waals surface area contributed by atoms with Crippen LogP contribution < -0.4 is 0 Å². The highest BCUT2D eigenvalue weighted by Crippen LogP contribution is 2.43. The van der Waals surface area contributed by atoms with Crippen molar-refractivity contribution in [2.45, 2.75) is 24.8 Å². The van der Waals surface area contributed by atoms with Gasteiger partial charge in [-0.15, -0.1) is 22.9 Å². The Kier molecular flexibility index (Phi) is 3.84. The molecule has 15 heavy (non-hydrogen) atoms. The number of thiophene rings is 1. The van der Waals surface area contributed by atoms with Gasteiger partial charge in [0.25, 0.3) is 0 Å². The Morgan fingerprint density at radius 3 is 2.73 bits per heavy atom. The molecular formula is C10H11Cl3OS. The van der Waals surface area contributed by atoms with E-state index in [9.17, 15) is 0 Å². The summed E-state index contributed by atoms with van der Waals surface area (Å²) in [5.41, 5.74) is 0.895. The highest BCUT2D eigenvalue weighted by molar-refractivity contribution is 7.20. The maximum atomic E-state index is 6.36. The van der Waals surface area contributed by atoms with Crippen LogP contribution in [0.5, 0.6) is 0 Å². The SMILES string of the molecule is CC1CCOC1C(Cl)c1cc(Cl)sc1Cl. The molecule has 1 aromatic heterocycles. The molecule has 0 radical (unpaired) electrons. The van der Waals surface area contributed by atoms with E-state index in [-0.39, 0.29) is 11.5 Å². The second-order valence-corrected chi connectivity index (χ2v) is 6.54. The number of alkyl halides is 1. The molecule has 84 valence electrons. The third-order valence-corrected chi connectivity index (χ3v) is 4.71. The Morgan fingerprint density at radius 1 is 1.53 bits per heavy atom. The van der Waals surface area contributed by atoms with Gasteiger partial charge in [0.05, 0.1) is 20.2 Å². The van der Waals surface area contributed by atoms with Gasteiger partial charge in [0.15, 0.2) is 0 Å². The summed E-state index contributed by atoms with van der Waals surface area (Å²) in [6.45, 7) is 2.93. The van der Waals surface area contributed by atoms with E-state index in [1.807, 2.05) is 6.07 Å². The average Bonchev–Trinajstić information content (AvgIpc) is 2.71. The Labute approximate surface area is 108 Å². The molecule has 1 saturated heterocycles. The lowest BCUT2D eigenvalue weighted by molar-refractivity contribution is 0.0904. The molecule has 0 spiro atoms. The zero-order chi connectivity index (χ0) is 11.0. The molecular weight excluding hydrogens is 275 g/mol. The third-order valence-electron chi connectivity index (χ3n) is 2.71. The van der Waals surface area contributed by atoms with Gasteiger partial charge in [-0.2, -0.15) is 0 Å². The predicted molar refractivity (Wildman–Crippen MR) is 66.5 cm³/mol. The van der Waals surface area contributed by atoms with E-state index >= 15 is 0 Å². The van der Waals surface area contributed by atoms with Gasteiger partial charge < -0.3 is 4.74 Å². The van der Waals surface area contributed by atoms with Crippen LogP contribution in [-0.2, 0) is 4.74 Å². The van der Waals surface area contributed by atoms with Crippen LogP contribution in [0.25, 0.3) is 0 Å². The lowest BCUT2D eigenvalue weighted by atomic mass is 9.98. The standard InChI is InChI=1S/C10H11Cl3OS/c1-5-2-3-14-9(5)8(12)6-4-7(11)15-10(6)13/h4-5,8-9H,2-3H2,1H3. The van der Waals surface area contributed by atoms with Crippen LogP contribution in [-0.4, -0.2) is 12.7 Å². The highest BCUT2D eigenvalue weighted by Gasteiger charge is 2.33. The second-order valence-electron chi connectivity index (χ2n) is 3.78. The molecule has 5 heteroatoms. The molecule has 1 nitrogen and oxygen atoms in total. The lowest BCUT2D eigenvalue weighted by Gasteiger charge is -2.20. The minimum Gasteiger partial charge on any atom is -0.376 e. The summed E-state index contributed by atoms with van der Waals surface area (Å²) in [6.07, 6.45) is 1.11. The third kappa shape index (κ3) is 2.45. The first kappa shape index (κ1) is 12.0. The maximum Gasteiger partial charge on any atom is 0.0992 e. The van der Waals surface area contributed by atoms with Gasteiger partial charge in [-0.3, -0.25) is 0 Å². The van der Waals surface area contributed by atoms with Gasteiger partial charge in [0, 0.05) is 12.2 Å². The van der Waals surface area contributed by atoms with Crippen molar-refractivity contribution >= 4 is 46.1 Å². The van der Waals surface area contributed by atoms with Crippen molar-refractivity contribution in [1.82, 2.24) is 0 Å². The van der Waals surface area contributed by atoms with Gasteiger partial charge in [0.1, 0.15) is 0 Å². The molecule has 2 rings (SSSR count). The molecule has 0 N–H and O–H groups in total. The van der Waals surface area contributed by atoms with Crippen LogP contribution >= 0.6 is 46.1 Å². The van der Waals surface area contributed by atoms with Gasteiger partial charge >= 0.3 is 0 Å². The first-order valence-corrected chi connectivity index (χ1v) is 6.81. The smallest absolute Gasteiger partial charge is 0.0992 e. The number of rotatable bonds is 2. The van der Waals surface area contributed by atoms with Crippen LogP contribution in [0, 0.1) is 5.92 Å². The van der Waals surface area contributed by atoms with Crippen LogP contribution in [0.2, 0.25) is 8.67 Å². The molecule has 2 heterocycles. The Hall–Kier alpha value is 0.530. The van der Waals surface area contributed by atoms with E-state index in [0.29, 0.717) is 14.6 Å². The normalized spacial score (nSPS) is 28.3. The average molecular weight is 286 g/mol. The topological polar surface area (TPSA) is 9.23 Å². The molecule has 1 aliphatic rings. The summed E-state index contributed by atoms with van der Waals surface area (Å²) in [5, 5.41) is -0.196. The first-order chi connectivity index (χ1) is 7.09. The summed E-state index contributed by atoms with van der Waals surface area (Å²) >= 11 is 19.7. The maximum absolute atomic E-state index is 6.36. The van der Waals surface area contributed by atoms with Crippen molar-refractivity contribution in [3.8, 4) is 0 Å². The number of hydrogen-bond acceptors (Lipinski definition) is 2. The van der Waals surface area contributed by atoms with Crippen molar-refractivity contribution in [1.29, 1.82) is 0 Å². The quantitative estimate of drug-likeness (QED) is 0.712. The van der Waals surface area contributed by atoms with E-state index < -0.39 is 0 Å². The molecule has 0 amide bonds. The summed E-state index contributed by atoms with van der Waals surface area (Å²) in [6, 6.07) is 1.83. The number of halogens is 3. The number of hydrogen-bond donors (Lipinski definition) is 0. The van der Waals surface area contributed by atoms with Gasteiger partial charge in [-0.05, 0) is 18.4 Å². The monoisotopic (exact) mass is 284 g/mol. The second kappa shape index (κ2) is 4.80. The molecule has 0 bridgehead atoms. The van der Waals surface area contributed by atoms with E-state index in [1.54, 1.807) is 0 Å². The molecule has 0 saturated carbocycles. The van der Waals surface area contributed by atoms with E-state index in [4.69, 9.17) is 39.5 Å². The van der Waals surface area contributed by atoms with E-state index in [0.717, 1.165) is 18.6 Å². The van der Waals surface area contributed by atoms with E-state index in [2.05, 4.69) is 6.92 Å². The summed E-state index contributed by atoms with van der Waals surface area (Å²) in [4.78, 5) is 0. The van der Waals surface area contributed by atoms with Crippen LogP contribution in [0.15, 0.2) is 6.07 Å². The minimum atomic E-state index is -0.196. The summed E-state index contributed by atoms with van der Waals surface area (Å²) in [5.74, 6) is 0.474. The van der Waals surface area contributed by atoms with Gasteiger partial charge in [-0.25, -0.2) is 0 Å². The Bertz CT molecular complexity index is 352. The molecule has 3 atom stereocenters. The van der Waals surface area contributed by atoms with Crippen LogP contribution in [0.1, 0.15) is 24.3 Å². The predicted octanol–water partition coefficient (Wildman–Crippen LogP) is 4.76. The Balaban J connectivity index is 2.19. The van der Waals surface area contributed by atoms with E-state index in [1.165, 1.54) is 11.3 Å². The molecule has 0 aliphatic carbocycles. The fourth-order valence-electron chi connectivity index (χ4n) is 1.81. The Morgan fingerprint density at radius 2 is 2.27 bits per heavy atom. The largest absolute Gasteiger partial charge is 0.376 e. The van der Waals surface area contributed by atoms with Crippen molar-refractivity contribution in [3.63, 3.8) is 0 Å². The summed E-state index contributed by atoms with van der Waals surface area (Å²) in [7, 11) is 0. The zero-order valence-electron chi connectivity index (χ0n) is 8.17. The molecule has 3 unspecified atom stereocenters. The van der Waals surface area contributed by atoms with Crippen LogP contribution in [0.4, 0.5) is 0 Å². The minimum absolute atomic E-state index is 0.0508. The fraction of sp³-hybridized carbons (Fsp3) is 0.600. The summed E-state index contributed by atoms with van der Waals surface area (Å²) < 4.78 is 6.96. The highest BCUT2D eigenvalue weighted by atomic mass is 35.5. The molecule has 1 aliphatic heterocycles. The zero-order valence-corrected chi connectivity index (χ0v) is 11.3. The molecule has 1 aromatic rings. The molecule has 0 aromatic carbocycles. The van der Waals surface area contributed by atoms with Crippen molar-refractivity contribution in [2.24, 2.45) is 5.92 Å². The molecule has 1 fully saturated rings. The van der Waals surface area contributed by atoms with Gasteiger partial charge in [-0.1, -0.05) is 30.1 Å².